The fourth-order valence-corrected chi connectivity index (χ4v) is 4.25. The molecule has 0 aliphatic carbocycles. The summed E-state index contributed by atoms with van der Waals surface area (Å²) in [5.74, 6) is 0.888. The first kappa shape index (κ1) is 19.1. The van der Waals surface area contributed by atoms with Crippen LogP contribution in [0.2, 0.25) is 0 Å². The summed E-state index contributed by atoms with van der Waals surface area (Å²) in [5, 5.41) is 7.28. The van der Waals surface area contributed by atoms with E-state index >= 15 is 0 Å². The van der Waals surface area contributed by atoms with E-state index in [4.69, 9.17) is 4.74 Å². The number of nitrogens with one attached hydrogen (secondary N) is 2. The molecule has 0 amide bonds. The third-order valence-electron chi connectivity index (χ3n) is 5.38. The first-order valence-electron chi connectivity index (χ1n) is 10.0. The number of benzene rings is 3. The van der Waals surface area contributed by atoms with Gasteiger partial charge in [-0.1, -0.05) is 48.5 Å². The predicted molar refractivity (Wildman–Crippen MR) is 124 cm³/mol. The van der Waals surface area contributed by atoms with Gasteiger partial charge >= 0.3 is 0 Å². The molecule has 3 nitrogen and oxygen atoms in total. The maximum atomic E-state index is 5.67. The van der Waals surface area contributed by atoms with E-state index in [1.165, 1.54) is 28.0 Å². The summed E-state index contributed by atoms with van der Waals surface area (Å²) in [6.45, 7) is 7.35. The summed E-state index contributed by atoms with van der Waals surface area (Å²) >= 11 is 0. The van der Waals surface area contributed by atoms with E-state index in [1.807, 2.05) is 18.2 Å². The molecule has 0 unspecified atom stereocenters. The Morgan fingerprint density at radius 2 is 1.62 bits per heavy atom. The SMILES string of the molecule is COc1ccccc1-c1ccc2c(c1CNc1ccccc1)C(C)=CC(C)(C)N2. The van der Waals surface area contributed by atoms with Crippen molar-refractivity contribution in [3.8, 4) is 16.9 Å². The molecule has 0 fully saturated rings. The van der Waals surface area contributed by atoms with E-state index in [2.05, 4.69) is 86.0 Å². The zero-order chi connectivity index (χ0) is 20.4. The molecule has 1 heterocycles. The van der Waals surface area contributed by atoms with Crippen molar-refractivity contribution in [2.75, 3.05) is 17.7 Å². The molecule has 0 atom stereocenters. The molecule has 2 N–H and O–H groups in total. The minimum Gasteiger partial charge on any atom is -0.496 e. The Morgan fingerprint density at radius 1 is 0.897 bits per heavy atom. The van der Waals surface area contributed by atoms with Gasteiger partial charge < -0.3 is 15.4 Å². The third-order valence-corrected chi connectivity index (χ3v) is 5.38. The number of fused-ring (bicyclic) bond motifs is 1. The first-order valence-corrected chi connectivity index (χ1v) is 10.0. The second-order valence-electron chi connectivity index (χ2n) is 8.11. The van der Waals surface area contributed by atoms with Crippen molar-refractivity contribution < 1.29 is 4.74 Å². The van der Waals surface area contributed by atoms with Crippen LogP contribution in [0.5, 0.6) is 5.75 Å². The quantitative estimate of drug-likeness (QED) is 0.521. The van der Waals surface area contributed by atoms with Crippen LogP contribution in [0, 0.1) is 0 Å². The van der Waals surface area contributed by atoms with Gasteiger partial charge in [-0.3, -0.25) is 0 Å². The van der Waals surface area contributed by atoms with Gasteiger partial charge in [0.1, 0.15) is 5.75 Å². The fourth-order valence-electron chi connectivity index (χ4n) is 4.25. The van der Waals surface area contributed by atoms with Crippen LogP contribution in [0.15, 0.2) is 72.8 Å². The summed E-state index contributed by atoms with van der Waals surface area (Å²) in [6.07, 6.45) is 2.31. The number of para-hydroxylation sites is 2. The number of rotatable bonds is 5. The minimum atomic E-state index is -0.0623. The molecule has 4 rings (SSSR count). The molecule has 1 aliphatic heterocycles. The van der Waals surface area contributed by atoms with E-state index < -0.39 is 0 Å². The Bertz CT molecular complexity index is 1050. The highest BCUT2D eigenvalue weighted by Crippen LogP contribution is 2.42. The lowest BCUT2D eigenvalue weighted by Gasteiger charge is -2.33. The number of ether oxygens (including phenoxy) is 1. The normalized spacial score (nSPS) is 14.4. The van der Waals surface area contributed by atoms with Gasteiger partial charge in [0.15, 0.2) is 0 Å². The second kappa shape index (κ2) is 7.67. The van der Waals surface area contributed by atoms with Gasteiger partial charge in [-0.05, 0) is 61.7 Å². The molecule has 29 heavy (non-hydrogen) atoms. The Labute approximate surface area is 173 Å². The highest BCUT2D eigenvalue weighted by atomic mass is 16.5. The van der Waals surface area contributed by atoms with Gasteiger partial charge in [0.2, 0.25) is 0 Å². The first-order chi connectivity index (χ1) is 14.0. The van der Waals surface area contributed by atoms with Crippen LogP contribution in [-0.4, -0.2) is 12.6 Å². The van der Waals surface area contributed by atoms with E-state index in [9.17, 15) is 0 Å². The summed E-state index contributed by atoms with van der Waals surface area (Å²) in [6, 6.07) is 23.0. The number of hydrogen-bond donors (Lipinski definition) is 2. The van der Waals surface area contributed by atoms with Crippen LogP contribution >= 0.6 is 0 Å². The second-order valence-corrected chi connectivity index (χ2v) is 8.11. The molecule has 0 saturated carbocycles. The van der Waals surface area contributed by atoms with Crippen LogP contribution in [-0.2, 0) is 6.54 Å². The van der Waals surface area contributed by atoms with Crippen LogP contribution in [0.3, 0.4) is 0 Å². The van der Waals surface area contributed by atoms with Crippen molar-refractivity contribution in [1.29, 1.82) is 0 Å². The van der Waals surface area contributed by atoms with E-state index in [-0.39, 0.29) is 5.54 Å². The molecule has 0 saturated heterocycles. The van der Waals surface area contributed by atoms with E-state index in [1.54, 1.807) is 7.11 Å². The van der Waals surface area contributed by atoms with Gasteiger partial charge in [-0.25, -0.2) is 0 Å². The van der Waals surface area contributed by atoms with Crippen LogP contribution in [0.4, 0.5) is 11.4 Å². The van der Waals surface area contributed by atoms with Crippen LogP contribution in [0.25, 0.3) is 16.7 Å². The zero-order valence-electron chi connectivity index (χ0n) is 17.5. The molecule has 3 heteroatoms. The largest absolute Gasteiger partial charge is 0.496 e. The van der Waals surface area contributed by atoms with Gasteiger partial charge in [0.25, 0.3) is 0 Å². The summed E-state index contributed by atoms with van der Waals surface area (Å²) < 4.78 is 5.67. The van der Waals surface area contributed by atoms with Crippen LogP contribution < -0.4 is 15.4 Å². The average Bonchev–Trinajstić information content (AvgIpc) is 2.71. The van der Waals surface area contributed by atoms with Crippen molar-refractivity contribution in [2.24, 2.45) is 0 Å². The fraction of sp³-hybridized carbons (Fsp3) is 0.231. The van der Waals surface area contributed by atoms with Gasteiger partial charge in [-0.15, -0.1) is 0 Å². The minimum absolute atomic E-state index is 0.0623. The zero-order valence-corrected chi connectivity index (χ0v) is 17.5. The van der Waals surface area contributed by atoms with Gasteiger partial charge in [-0.2, -0.15) is 0 Å². The molecule has 0 spiro atoms. The van der Waals surface area contributed by atoms with Crippen molar-refractivity contribution in [3.63, 3.8) is 0 Å². The lowest BCUT2D eigenvalue weighted by Crippen LogP contribution is -2.32. The van der Waals surface area contributed by atoms with Crippen molar-refractivity contribution in [3.05, 3.63) is 83.9 Å². The highest BCUT2D eigenvalue weighted by Gasteiger charge is 2.26. The number of methoxy groups -OCH3 is 1. The van der Waals surface area contributed by atoms with Crippen LogP contribution in [0.1, 0.15) is 31.9 Å². The Balaban J connectivity index is 1.86. The molecule has 3 aromatic carbocycles. The van der Waals surface area contributed by atoms with Gasteiger partial charge in [0, 0.05) is 29.0 Å². The lowest BCUT2D eigenvalue weighted by atomic mass is 9.85. The summed E-state index contributed by atoms with van der Waals surface area (Å²) in [7, 11) is 1.73. The molecule has 148 valence electrons. The maximum absolute atomic E-state index is 5.67. The summed E-state index contributed by atoms with van der Waals surface area (Å²) in [5.41, 5.74) is 8.38. The number of anilines is 2. The Hall–Kier alpha value is -3.20. The van der Waals surface area contributed by atoms with Gasteiger partial charge in [0.05, 0.1) is 12.6 Å². The number of hydrogen-bond acceptors (Lipinski definition) is 3. The molecule has 1 aliphatic rings. The van der Waals surface area contributed by atoms with Crippen molar-refractivity contribution in [2.45, 2.75) is 32.9 Å². The number of allylic oxidation sites excluding steroid dienone is 1. The van der Waals surface area contributed by atoms with E-state index in [0.717, 1.165) is 23.5 Å². The molecular formula is C26H28N2O. The maximum Gasteiger partial charge on any atom is 0.126 e. The Kier molecular flexibility index (Phi) is 5.06. The van der Waals surface area contributed by atoms with Crippen molar-refractivity contribution >= 4 is 16.9 Å². The Morgan fingerprint density at radius 3 is 2.38 bits per heavy atom. The smallest absolute Gasteiger partial charge is 0.126 e. The molecule has 0 radical (unpaired) electrons. The average molecular weight is 385 g/mol. The van der Waals surface area contributed by atoms with Crippen molar-refractivity contribution in [1.82, 2.24) is 0 Å². The monoisotopic (exact) mass is 384 g/mol. The summed E-state index contributed by atoms with van der Waals surface area (Å²) in [4.78, 5) is 0. The predicted octanol–water partition coefficient (Wildman–Crippen LogP) is 6.58. The molecule has 0 aromatic heterocycles. The lowest BCUT2D eigenvalue weighted by molar-refractivity contribution is 0.416. The standard InChI is InChI=1S/C26H28N2O/c1-18-16-26(2,3)28-23-15-14-20(21-12-8-9-13-24(21)29-4)22(25(18)23)17-27-19-10-6-5-7-11-19/h5-16,27-28H,17H2,1-4H3. The molecular weight excluding hydrogens is 356 g/mol. The third kappa shape index (κ3) is 3.86. The van der Waals surface area contributed by atoms with E-state index in [0.29, 0.717) is 0 Å². The molecule has 0 bridgehead atoms. The highest BCUT2D eigenvalue weighted by molar-refractivity contribution is 5.88. The molecule has 3 aromatic rings. The topological polar surface area (TPSA) is 33.3 Å².